The van der Waals surface area contributed by atoms with Crippen LogP contribution < -0.4 is 5.32 Å². The molecule has 0 atom stereocenters. The van der Waals surface area contributed by atoms with E-state index in [9.17, 15) is 4.79 Å². The molecule has 0 heterocycles. The lowest BCUT2D eigenvalue weighted by atomic mass is 10.00. The van der Waals surface area contributed by atoms with E-state index in [1.165, 1.54) is 0 Å². The molecule has 0 aliphatic heterocycles. The summed E-state index contributed by atoms with van der Waals surface area (Å²) in [6.45, 7) is 0. The van der Waals surface area contributed by atoms with E-state index < -0.39 is 0 Å². The van der Waals surface area contributed by atoms with E-state index in [2.05, 4.69) is 21.2 Å². The molecule has 0 radical (unpaired) electrons. The van der Waals surface area contributed by atoms with Gasteiger partial charge in [-0.05, 0) is 31.0 Å². The molecule has 1 aliphatic carbocycles. The van der Waals surface area contributed by atoms with E-state index >= 15 is 0 Å². The first-order valence-corrected chi connectivity index (χ1v) is 7.77. The molecule has 0 aromatic heterocycles. The molecule has 2 nitrogen and oxygen atoms in total. The van der Waals surface area contributed by atoms with Crippen LogP contribution in [0.3, 0.4) is 0 Å². The van der Waals surface area contributed by atoms with Gasteiger partial charge in [0.25, 0.3) is 5.91 Å². The fourth-order valence-corrected chi connectivity index (χ4v) is 3.57. The second-order valence-corrected chi connectivity index (χ2v) is 6.17. The van der Waals surface area contributed by atoms with Crippen LogP contribution in [0.25, 0.3) is 0 Å². The molecule has 98 valence electrons. The Morgan fingerprint density at radius 1 is 1.22 bits per heavy atom. The number of halogens is 3. The van der Waals surface area contributed by atoms with Crippen molar-refractivity contribution in [2.24, 2.45) is 0 Å². The first-order valence-electron chi connectivity index (χ1n) is 5.89. The third-order valence-electron chi connectivity index (χ3n) is 3.32. The van der Waals surface area contributed by atoms with Crippen molar-refractivity contribution in [3.05, 3.63) is 33.8 Å². The molecule has 0 saturated heterocycles. The Labute approximate surface area is 125 Å². The zero-order valence-electron chi connectivity index (χ0n) is 9.81. The molecule has 5 heteroatoms. The third kappa shape index (κ3) is 3.19. The monoisotopic (exact) mass is 349 g/mol. The highest BCUT2D eigenvalue weighted by Crippen LogP contribution is 2.31. The zero-order valence-corrected chi connectivity index (χ0v) is 12.9. The molecule has 18 heavy (non-hydrogen) atoms. The fraction of sp³-hybridized carbons (Fsp3) is 0.462. The van der Waals surface area contributed by atoms with Gasteiger partial charge in [0.1, 0.15) is 0 Å². The van der Waals surface area contributed by atoms with Gasteiger partial charge in [-0.3, -0.25) is 4.79 Å². The summed E-state index contributed by atoms with van der Waals surface area (Å²) < 4.78 is 0. The number of hydrogen-bond donors (Lipinski definition) is 1. The second kappa shape index (κ2) is 5.81. The van der Waals surface area contributed by atoms with Crippen molar-refractivity contribution < 1.29 is 4.79 Å². The molecule has 1 aliphatic rings. The van der Waals surface area contributed by atoms with Crippen LogP contribution in [0.15, 0.2) is 18.2 Å². The van der Waals surface area contributed by atoms with Crippen LogP contribution in [0.2, 0.25) is 10.0 Å². The largest absolute Gasteiger partial charge is 0.346 e. The first kappa shape index (κ1) is 14.2. The fourth-order valence-electron chi connectivity index (χ4n) is 2.34. The van der Waals surface area contributed by atoms with Gasteiger partial charge in [-0.1, -0.05) is 52.0 Å². The molecule has 0 bridgehead atoms. The Morgan fingerprint density at radius 2 is 1.78 bits per heavy atom. The Morgan fingerprint density at radius 3 is 2.28 bits per heavy atom. The number of carbonyl (C=O) groups is 1. The normalized spacial score (nSPS) is 17.7. The van der Waals surface area contributed by atoms with E-state index in [-0.39, 0.29) is 11.4 Å². The zero-order chi connectivity index (χ0) is 13.2. The van der Waals surface area contributed by atoms with Gasteiger partial charge in [-0.15, -0.1) is 0 Å². The highest BCUT2D eigenvalue weighted by Gasteiger charge is 2.34. The molecule has 1 fully saturated rings. The Kier molecular flexibility index (Phi) is 4.57. The SMILES string of the molecule is O=C(NC1(CBr)CCCC1)c1cc(Cl)cc(Cl)c1. The number of rotatable bonds is 3. The van der Waals surface area contributed by atoms with Crippen molar-refractivity contribution in [3.8, 4) is 0 Å². The van der Waals surface area contributed by atoms with E-state index in [1.807, 2.05) is 0 Å². The summed E-state index contributed by atoms with van der Waals surface area (Å²) in [7, 11) is 0. The van der Waals surface area contributed by atoms with Crippen molar-refractivity contribution in [1.82, 2.24) is 5.32 Å². The molecule has 1 saturated carbocycles. The molecule has 1 amide bonds. The summed E-state index contributed by atoms with van der Waals surface area (Å²) in [5.74, 6) is -0.110. The number of alkyl halides is 1. The maximum Gasteiger partial charge on any atom is 0.251 e. The van der Waals surface area contributed by atoms with Crippen molar-refractivity contribution in [1.29, 1.82) is 0 Å². The Hall–Kier alpha value is -0.250. The van der Waals surface area contributed by atoms with Crippen LogP contribution in [-0.2, 0) is 0 Å². The standard InChI is InChI=1S/C13H14BrCl2NO/c14-8-13(3-1-2-4-13)17-12(18)9-5-10(15)7-11(16)6-9/h5-7H,1-4,8H2,(H,17,18). The minimum absolute atomic E-state index is 0.110. The summed E-state index contributed by atoms with van der Waals surface area (Å²) in [4.78, 5) is 12.2. The van der Waals surface area contributed by atoms with E-state index in [0.717, 1.165) is 31.0 Å². The quantitative estimate of drug-likeness (QED) is 0.802. The Balaban J connectivity index is 2.16. The van der Waals surface area contributed by atoms with Gasteiger partial charge < -0.3 is 5.32 Å². The predicted molar refractivity (Wildman–Crippen MR) is 78.9 cm³/mol. The van der Waals surface area contributed by atoms with Crippen molar-refractivity contribution in [2.45, 2.75) is 31.2 Å². The molecule has 2 rings (SSSR count). The van der Waals surface area contributed by atoms with Gasteiger partial charge in [0.15, 0.2) is 0 Å². The average molecular weight is 351 g/mol. The highest BCUT2D eigenvalue weighted by molar-refractivity contribution is 9.09. The third-order valence-corrected chi connectivity index (χ3v) is 4.83. The van der Waals surface area contributed by atoms with E-state index in [1.54, 1.807) is 18.2 Å². The summed E-state index contributed by atoms with van der Waals surface area (Å²) in [6.07, 6.45) is 4.33. The summed E-state index contributed by atoms with van der Waals surface area (Å²) in [5, 5.41) is 4.84. The number of nitrogens with one attached hydrogen (secondary N) is 1. The molecule has 1 aromatic carbocycles. The number of hydrogen-bond acceptors (Lipinski definition) is 1. The van der Waals surface area contributed by atoms with Gasteiger partial charge in [0, 0.05) is 20.9 Å². The lowest BCUT2D eigenvalue weighted by Crippen LogP contribution is -2.47. The van der Waals surface area contributed by atoms with Gasteiger partial charge in [0.05, 0.1) is 5.54 Å². The van der Waals surface area contributed by atoms with Crippen LogP contribution in [0.5, 0.6) is 0 Å². The molecular weight excluding hydrogens is 337 g/mol. The molecule has 1 N–H and O–H groups in total. The Bertz CT molecular complexity index is 438. The summed E-state index contributed by atoms with van der Waals surface area (Å²) in [6, 6.07) is 4.90. The number of amides is 1. The highest BCUT2D eigenvalue weighted by atomic mass is 79.9. The maximum atomic E-state index is 12.2. The summed E-state index contributed by atoms with van der Waals surface area (Å²) >= 11 is 15.3. The summed E-state index contributed by atoms with van der Waals surface area (Å²) in [5.41, 5.74) is 0.394. The minimum Gasteiger partial charge on any atom is -0.346 e. The smallest absolute Gasteiger partial charge is 0.251 e. The van der Waals surface area contributed by atoms with Crippen LogP contribution in [0.4, 0.5) is 0 Å². The lowest BCUT2D eigenvalue weighted by molar-refractivity contribution is 0.0910. The van der Waals surface area contributed by atoms with Gasteiger partial charge in [-0.25, -0.2) is 0 Å². The molecule has 0 unspecified atom stereocenters. The van der Waals surface area contributed by atoms with Crippen LogP contribution >= 0.6 is 39.1 Å². The molecule has 1 aromatic rings. The van der Waals surface area contributed by atoms with Gasteiger partial charge in [0.2, 0.25) is 0 Å². The molecular formula is C13H14BrCl2NO. The predicted octanol–water partition coefficient (Wildman–Crippen LogP) is 4.43. The van der Waals surface area contributed by atoms with Crippen molar-refractivity contribution >= 4 is 45.0 Å². The van der Waals surface area contributed by atoms with Crippen LogP contribution in [0, 0.1) is 0 Å². The van der Waals surface area contributed by atoms with Crippen LogP contribution in [-0.4, -0.2) is 16.8 Å². The average Bonchev–Trinajstić information content (AvgIpc) is 2.77. The first-order chi connectivity index (χ1) is 8.54. The van der Waals surface area contributed by atoms with Gasteiger partial charge >= 0.3 is 0 Å². The van der Waals surface area contributed by atoms with E-state index in [4.69, 9.17) is 23.2 Å². The minimum atomic E-state index is -0.119. The van der Waals surface area contributed by atoms with Crippen LogP contribution in [0.1, 0.15) is 36.0 Å². The molecule has 0 spiro atoms. The number of benzene rings is 1. The lowest BCUT2D eigenvalue weighted by Gasteiger charge is -2.28. The second-order valence-electron chi connectivity index (χ2n) is 4.73. The number of carbonyl (C=O) groups excluding carboxylic acids is 1. The van der Waals surface area contributed by atoms with Crippen molar-refractivity contribution in [3.63, 3.8) is 0 Å². The van der Waals surface area contributed by atoms with Gasteiger partial charge in [-0.2, -0.15) is 0 Å². The topological polar surface area (TPSA) is 29.1 Å². The van der Waals surface area contributed by atoms with E-state index in [0.29, 0.717) is 15.6 Å². The van der Waals surface area contributed by atoms with Crippen molar-refractivity contribution in [2.75, 3.05) is 5.33 Å². The maximum absolute atomic E-state index is 12.2.